The van der Waals surface area contributed by atoms with Crippen molar-refractivity contribution in [2.45, 2.75) is 38.8 Å². The molecule has 168 valence electrons. The molecule has 1 saturated heterocycles. The van der Waals surface area contributed by atoms with Gasteiger partial charge in [-0.25, -0.2) is 0 Å². The summed E-state index contributed by atoms with van der Waals surface area (Å²) in [5.74, 6) is 1.99. The third-order valence-electron chi connectivity index (χ3n) is 5.48. The van der Waals surface area contributed by atoms with Crippen LogP contribution in [0.4, 0.5) is 0 Å². The molecular formula is C25H30N4O3. The molecule has 1 amide bonds. The van der Waals surface area contributed by atoms with Crippen LogP contribution in [-0.4, -0.2) is 52.0 Å². The first-order valence-corrected chi connectivity index (χ1v) is 11.0. The van der Waals surface area contributed by atoms with Crippen LogP contribution >= 0.6 is 0 Å². The molecule has 0 spiro atoms. The molecule has 1 aromatic heterocycles. The van der Waals surface area contributed by atoms with E-state index in [1.54, 1.807) is 0 Å². The molecule has 1 unspecified atom stereocenters. The Labute approximate surface area is 189 Å². The summed E-state index contributed by atoms with van der Waals surface area (Å²) in [6.07, 6.45) is -0.670. The number of nitrogens with zero attached hydrogens (tertiary/aromatic N) is 4. The summed E-state index contributed by atoms with van der Waals surface area (Å²) >= 11 is 0. The fraction of sp³-hybridized carbons (Fsp3) is 0.400. The van der Waals surface area contributed by atoms with Crippen LogP contribution in [0.1, 0.15) is 44.2 Å². The van der Waals surface area contributed by atoms with E-state index in [1.807, 2.05) is 65.6 Å². The van der Waals surface area contributed by atoms with Gasteiger partial charge >= 0.3 is 0 Å². The number of amides is 1. The number of carbonyl (C=O) groups is 1. The molecule has 3 aromatic rings. The number of piperazine rings is 1. The molecule has 0 N–H and O–H groups in total. The number of para-hydroxylation sites is 1. The Bertz CT molecular complexity index is 1010. The van der Waals surface area contributed by atoms with E-state index in [2.05, 4.69) is 35.8 Å². The Kier molecular flexibility index (Phi) is 6.55. The first-order valence-electron chi connectivity index (χ1n) is 11.0. The van der Waals surface area contributed by atoms with Crippen molar-refractivity contribution in [3.63, 3.8) is 0 Å². The Morgan fingerprint density at radius 3 is 2.22 bits per heavy atom. The van der Waals surface area contributed by atoms with E-state index in [9.17, 15) is 4.79 Å². The number of ether oxygens (including phenoxy) is 1. The molecular weight excluding hydrogens is 404 g/mol. The molecule has 1 aliphatic rings. The van der Waals surface area contributed by atoms with Crippen LogP contribution < -0.4 is 4.74 Å². The van der Waals surface area contributed by atoms with Crippen LogP contribution in [0, 0.1) is 0 Å². The van der Waals surface area contributed by atoms with E-state index < -0.39 is 6.10 Å². The van der Waals surface area contributed by atoms with Gasteiger partial charge in [-0.1, -0.05) is 74.5 Å². The second kappa shape index (κ2) is 9.53. The van der Waals surface area contributed by atoms with Gasteiger partial charge in [0, 0.05) is 37.2 Å². The fourth-order valence-corrected chi connectivity index (χ4v) is 3.64. The van der Waals surface area contributed by atoms with E-state index in [0.717, 1.165) is 18.7 Å². The van der Waals surface area contributed by atoms with Crippen LogP contribution in [0.2, 0.25) is 0 Å². The average molecular weight is 435 g/mol. The summed E-state index contributed by atoms with van der Waals surface area (Å²) < 4.78 is 11.5. The molecule has 4 rings (SSSR count). The zero-order valence-electron chi connectivity index (χ0n) is 18.9. The summed E-state index contributed by atoms with van der Waals surface area (Å²) in [4.78, 5) is 22.1. The highest BCUT2D eigenvalue weighted by Crippen LogP contribution is 2.25. The summed E-state index contributed by atoms with van der Waals surface area (Å²) in [5.41, 5.74) is 0.687. The molecule has 1 aliphatic heterocycles. The summed E-state index contributed by atoms with van der Waals surface area (Å²) in [5, 5.41) is 4.12. The van der Waals surface area contributed by atoms with Crippen LogP contribution in [-0.2, 0) is 16.8 Å². The number of hydrogen-bond acceptors (Lipinski definition) is 6. The van der Waals surface area contributed by atoms with E-state index >= 15 is 0 Å². The molecule has 0 radical (unpaired) electrons. The lowest BCUT2D eigenvalue weighted by Gasteiger charge is -2.36. The monoisotopic (exact) mass is 434 g/mol. The lowest BCUT2D eigenvalue weighted by atomic mass is 9.97. The van der Waals surface area contributed by atoms with Gasteiger partial charge in [0.1, 0.15) is 5.75 Å². The van der Waals surface area contributed by atoms with Crippen LogP contribution in [0.15, 0.2) is 65.2 Å². The second-order valence-electron chi connectivity index (χ2n) is 9.09. The van der Waals surface area contributed by atoms with E-state index in [4.69, 9.17) is 9.26 Å². The minimum atomic E-state index is -0.670. The molecule has 2 aromatic carbocycles. The average Bonchev–Trinajstić information content (AvgIpc) is 3.28. The number of aromatic nitrogens is 2. The van der Waals surface area contributed by atoms with Crippen LogP contribution in [0.5, 0.6) is 5.75 Å². The van der Waals surface area contributed by atoms with Crippen molar-refractivity contribution in [2.75, 3.05) is 26.2 Å². The number of rotatable bonds is 6. The molecule has 0 aliphatic carbocycles. The Hall–Kier alpha value is -3.19. The zero-order chi connectivity index (χ0) is 22.6. The van der Waals surface area contributed by atoms with Gasteiger partial charge in [-0.15, -0.1) is 0 Å². The minimum Gasteiger partial charge on any atom is -0.476 e. The summed E-state index contributed by atoms with van der Waals surface area (Å²) in [6.45, 7) is 9.52. The molecule has 1 fully saturated rings. The van der Waals surface area contributed by atoms with Gasteiger partial charge in [-0.2, -0.15) is 4.98 Å². The zero-order valence-corrected chi connectivity index (χ0v) is 18.9. The van der Waals surface area contributed by atoms with Gasteiger partial charge in [0.15, 0.2) is 5.82 Å². The normalized spacial score (nSPS) is 16.0. The number of benzene rings is 2. The Balaban J connectivity index is 1.39. The first kappa shape index (κ1) is 22.0. The maximum absolute atomic E-state index is 13.4. The van der Waals surface area contributed by atoms with Crippen molar-refractivity contribution in [1.29, 1.82) is 0 Å². The van der Waals surface area contributed by atoms with Crippen molar-refractivity contribution in [2.24, 2.45) is 0 Å². The molecule has 2 heterocycles. The molecule has 7 heteroatoms. The quantitative estimate of drug-likeness (QED) is 0.587. The van der Waals surface area contributed by atoms with Gasteiger partial charge in [0.05, 0.1) is 6.54 Å². The van der Waals surface area contributed by atoms with Crippen molar-refractivity contribution in [3.05, 3.63) is 77.9 Å². The summed E-state index contributed by atoms with van der Waals surface area (Å²) in [6, 6.07) is 19.2. The van der Waals surface area contributed by atoms with Crippen molar-refractivity contribution < 1.29 is 14.1 Å². The SMILES string of the molecule is CC(C)(C)c1nc(CN2CCN(C(=O)C(Oc3ccccc3)c3ccccc3)CC2)no1. The van der Waals surface area contributed by atoms with Crippen molar-refractivity contribution in [1.82, 2.24) is 19.9 Å². The molecule has 7 nitrogen and oxygen atoms in total. The van der Waals surface area contributed by atoms with Gasteiger partial charge in [0.25, 0.3) is 5.91 Å². The molecule has 0 bridgehead atoms. The maximum atomic E-state index is 13.4. The third kappa shape index (κ3) is 5.34. The largest absolute Gasteiger partial charge is 0.476 e. The Morgan fingerprint density at radius 1 is 1.00 bits per heavy atom. The van der Waals surface area contributed by atoms with E-state index in [-0.39, 0.29) is 11.3 Å². The van der Waals surface area contributed by atoms with E-state index in [1.165, 1.54) is 0 Å². The smallest absolute Gasteiger partial charge is 0.268 e. The summed E-state index contributed by atoms with van der Waals surface area (Å²) in [7, 11) is 0. The van der Waals surface area contributed by atoms with E-state index in [0.29, 0.717) is 37.1 Å². The van der Waals surface area contributed by atoms with Crippen molar-refractivity contribution in [3.8, 4) is 5.75 Å². The van der Waals surface area contributed by atoms with Crippen LogP contribution in [0.25, 0.3) is 0 Å². The predicted molar refractivity (Wildman–Crippen MR) is 121 cm³/mol. The fourth-order valence-electron chi connectivity index (χ4n) is 3.64. The maximum Gasteiger partial charge on any atom is 0.268 e. The highest BCUT2D eigenvalue weighted by atomic mass is 16.5. The molecule has 0 saturated carbocycles. The number of hydrogen-bond donors (Lipinski definition) is 0. The standard InChI is InChI=1S/C25H30N4O3/c1-25(2,3)24-26-21(27-32-24)18-28-14-16-29(17-15-28)23(30)22(19-10-6-4-7-11-19)31-20-12-8-5-9-13-20/h4-13,22H,14-18H2,1-3H3. The predicted octanol–water partition coefficient (Wildman–Crippen LogP) is 3.83. The van der Waals surface area contributed by atoms with Gasteiger partial charge < -0.3 is 14.2 Å². The third-order valence-corrected chi connectivity index (χ3v) is 5.48. The molecule has 1 atom stereocenters. The van der Waals surface area contributed by atoms with Gasteiger partial charge in [0.2, 0.25) is 12.0 Å². The first-order chi connectivity index (χ1) is 15.4. The van der Waals surface area contributed by atoms with Gasteiger partial charge in [-0.05, 0) is 12.1 Å². The second-order valence-corrected chi connectivity index (χ2v) is 9.09. The topological polar surface area (TPSA) is 71.7 Å². The number of carbonyl (C=O) groups excluding carboxylic acids is 1. The lowest BCUT2D eigenvalue weighted by Crippen LogP contribution is -2.50. The molecule has 32 heavy (non-hydrogen) atoms. The van der Waals surface area contributed by atoms with Gasteiger partial charge in [-0.3, -0.25) is 9.69 Å². The highest BCUT2D eigenvalue weighted by molar-refractivity contribution is 5.82. The Morgan fingerprint density at radius 2 is 1.62 bits per heavy atom. The highest BCUT2D eigenvalue weighted by Gasteiger charge is 2.31. The van der Waals surface area contributed by atoms with Crippen molar-refractivity contribution >= 4 is 5.91 Å². The minimum absolute atomic E-state index is 0.0192. The lowest BCUT2D eigenvalue weighted by molar-refractivity contribution is -0.141. The van der Waals surface area contributed by atoms with Crippen LogP contribution in [0.3, 0.4) is 0 Å².